The Morgan fingerprint density at radius 3 is 2.81 bits per heavy atom. The lowest BCUT2D eigenvalue weighted by molar-refractivity contribution is 0.0950. The molecule has 0 bridgehead atoms. The molecule has 0 unspecified atom stereocenters. The summed E-state index contributed by atoms with van der Waals surface area (Å²) in [6, 6.07) is 10.4. The van der Waals surface area contributed by atoms with Crippen LogP contribution in [0.1, 0.15) is 46.3 Å². The zero-order valence-electron chi connectivity index (χ0n) is 15.8. The van der Waals surface area contributed by atoms with Gasteiger partial charge in [-0.3, -0.25) is 9.79 Å². The molecule has 0 aliphatic carbocycles. The Kier molecular flexibility index (Phi) is 6.22. The molecule has 142 valence electrons. The molecule has 27 heavy (non-hydrogen) atoms. The first-order valence-corrected chi connectivity index (χ1v) is 9.28. The number of carbonyl (C=O) groups is 1. The van der Waals surface area contributed by atoms with E-state index in [-0.39, 0.29) is 11.7 Å². The SMILES string of the molecule is COc1cc(C)cc(CNC(=O)c2ccc(F)c(CCC3=NCCC3)c2)c1. The monoisotopic (exact) mass is 368 g/mol. The molecule has 1 heterocycles. The van der Waals surface area contributed by atoms with E-state index in [0.29, 0.717) is 24.1 Å². The first kappa shape index (κ1) is 19.1. The number of halogens is 1. The lowest BCUT2D eigenvalue weighted by Gasteiger charge is -2.10. The maximum Gasteiger partial charge on any atom is 0.251 e. The smallest absolute Gasteiger partial charge is 0.251 e. The van der Waals surface area contributed by atoms with E-state index in [2.05, 4.69) is 10.3 Å². The summed E-state index contributed by atoms with van der Waals surface area (Å²) in [5.74, 6) is 0.279. The summed E-state index contributed by atoms with van der Waals surface area (Å²) in [4.78, 5) is 16.9. The fourth-order valence-electron chi connectivity index (χ4n) is 3.32. The van der Waals surface area contributed by atoms with Gasteiger partial charge in [0, 0.05) is 24.4 Å². The second kappa shape index (κ2) is 8.80. The van der Waals surface area contributed by atoms with E-state index in [1.807, 2.05) is 25.1 Å². The van der Waals surface area contributed by atoms with E-state index < -0.39 is 0 Å². The Bertz CT molecular complexity index is 861. The lowest BCUT2D eigenvalue weighted by Crippen LogP contribution is -2.23. The molecule has 1 aliphatic heterocycles. The summed E-state index contributed by atoms with van der Waals surface area (Å²) in [5, 5.41) is 2.90. The van der Waals surface area contributed by atoms with Crippen molar-refractivity contribution in [3.8, 4) is 5.75 Å². The van der Waals surface area contributed by atoms with Gasteiger partial charge in [0.05, 0.1) is 7.11 Å². The average Bonchev–Trinajstić information content (AvgIpc) is 3.18. The molecule has 0 fully saturated rings. The minimum absolute atomic E-state index is 0.213. The Balaban J connectivity index is 1.64. The predicted molar refractivity (Wildman–Crippen MR) is 105 cm³/mol. The van der Waals surface area contributed by atoms with Crippen molar-refractivity contribution < 1.29 is 13.9 Å². The highest BCUT2D eigenvalue weighted by Crippen LogP contribution is 2.18. The Hall–Kier alpha value is -2.69. The number of hydrogen-bond acceptors (Lipinski definition) is 3. The molecule has 0 saturated carbocycles. The molecule has 1 aliphatic rings. The van der Waals surface area contributed by atoms with Crippen LogP contribution in [0.3, 0.4) is 0 Å². The van der Waals surface area contributed by atoms with Gasteiger partial charge in [0.2, 0.25) is 0 Å². The zero-order chi connectivity index (χ0) is 19.2. The van der Waals surface area contributed by atoms with Crippen LogP contribution in [0.2, 0.25) is 0 Å². The van der Waals surface area contributed by atoms with Crippen molar-refractivity contribution in [1.29, 1.82) is 0 Å². The molecule has 2 aromatic rings. The van der Waals surface area contributed by atoms with Crippen LogP contribution in [-0.2, 0) is 13.0 Å². The molecule has 0 aromatic heterocycles. The molecule has 3 rings (SSSR count). The highest BCUT2D eigenvalue weighted by molar-refractivity contribution is 5.94. The van der Waals surface area contributed by atoms with Crippen molar-refractivity contribution in [2.75, 3.05) is 13.7 Å². The molecular weight excluding hydrogens is 343 g/mol. The summed E-state index contributed by atoms with van der Waals surface area (Å²) >= 11 is 0. The number of nitrogens with one attached hydrogen (secondary N) is 1. The van der Waals surface area contributed by atoms with Crippen molar-refractivity contribution in [3.63, 3.8) is 0 Å². The maximum atomic E-state index is 14.1. The van der Waals surface area contributed by atoms with E-state index in [4.69, 9.17) is 4.74 Å². The third-order valence-corrected chi connectivity index (χ3v) is 4.75. The Morgan fingerprint density at radius 2 is 2.07 bits per heavy atom. The molecule has 4 nitrogen and oxygen atoms in total. The first-order chi connectivity index (χ1) is 13.0. The number of amides is 1. The molecule has 1 N–H and O–H groups in total. The minimum Gasteiger partial charge on any atom is -0.497 e. The van der Waals surface area contributed by atoms with Crippen LogP contribution in [-0.4, -0.2) is 25.3 Å². The van der Waals surface area contributed by atoms with Crippen LogP contribution < -0.4 is 10.1 Å². The van der Waals surface area contributed by atoms with Gasteiger partial charge < -0.3 is 10.1 Å². The quantitative estimate of drug-likeness (QED) is 0.795. The van der Waals surface area contributed by atoms with Crippen LogP contribution in [0.15, 0.2) is 41.4 Å². The van der Waals surface area contributed by atoms with Gasteiger partial charge in [0.1, 0.15) is 11.6 Å². The molecular formula is C22H25FN2O2. The van der Waals surface area contributed by atoms with Gasteiger partial charge in [-0.15, -0.1) is 0 Å². The van der Waals surface area contributed by atoms with Gasteiger partial charge in [0.15, 0.2) is 0 Å². The number of methoxy groups -OCH3 is 1. The zero-order valence-corrected chi connectivity index (χ0v) is 15.8. The van der Waals surface area contributed by atoms with Crippen LogP contribution in [0, 0.1) is 12.7 Å². The lowest BCUT2D eigenvalue weighted by atomic mass is 10.0. The third kappa shape index (κ3) is 5.16. The van der Waals surface area contributed by atoms with E-state index in [1.54, 1.807) is 13.2 Å². The second-order valence-electron chi connectivity index (χ2n) is 6.90. The van der Waals surface area contributed by atoms with Crippen molar-refractivity contribution >= 4 is 11.6 Å². The fourth-order valence-corrected chi connectivity index (χ4v) is 3.32. The van der Waals surface area contributed by atoms with E-state index in [1.165, 1.54) is 12.1 Å². The molecule has 5 heteroatoms. The van der Waals surface area contributed by atoms with Crippen molar-refractivity contribution in [3.05, 3.63) is 64.5 Å². The first-order valence-electron chi connectivity index (χ1n) is 9.28. The van der Waals surface area contributed by atoms with Crippen molar-refractivity contribution in [2.45, 2.75) is 39.2 Å². The number of benzene rings is 2. The number of aliphatic imine (C=N–C) groups is 1. The molecule has 0 spiro atoms. The molecule has 1 amide bonds. The second-order valence-corrected chi connectivity index (χ2v) is 6.90. The van der Waals surface area contributed by atoms with E-state index in [9.17, 15) is 9.18 Å². The van der Waals surface area contributed by atoms with Crippen molar-refractivity contribution in [1.82, 2.24) is 5.32 Å². The van der Waals surface area contributed by atoms with Crippen LogP contribution in [0.25, 0.3) is 0 Å². The Morgan fingerprint density at radius 1 is 1.22 bits per heavy atom. The molecule has 0 atom stereocenters. The highest BCUT2D eigenvalue weighted by Gasteiger charge is 2.12. The summed E-state index contributed by atoms with van der Waals surface area (Å²) in [5.41, 5.74) is 4.21. The van der Waals surface area contributed by atoms with Gasteiger partial charge in [-0.1, -0.05) is 6.07 Å². The number of ether oxygens (including phenoxy) is 1. The van der Waals surface area contributed by atoms with Gasteiger partial charge >= 0.3 is 0 Å². The molecule has 0 saturated heterocycles. The highest BCUT2D eigenvalue weighted by atomic mass is 19.1. The number of aryl methyl sites for hydroxylation is 2. The fraction of sp³-hybridized carbons (Fsp3) is 0.364. The third-order valence-electron chi connectivity index (χ3n) is 4.75. The van der Waals surface area contributed by atoms with Gasteiger partial charge in [-0.25, -0.2) is 4.39 Å². The Labute approximate surface area is 159 Å². The predicted octanol–water partition coefficient (Wildman–Crippen LogP) is 4.24. The maximum absolute atomic E-state index is 14.1. The van der Waals surface area contributed by atoms with Crippen LogP contribution in [0.4, 0.5) is 4.39 Å². The van der Waals surface area contributed by atoms with Gasteiger partial charge in [-0.2, -0.15) is 0 Å². The summed E-state index contributed by atoms with van der Waals surface area (Å²) in [6.45, 7) is 3.25. The van der Waals surface area contributed by atoms with Crippen LogP contribution in [0.5, 0.6) is 5.75 Å². The standard InChI is InChI=1S/C22H25FN2O2/c1-15-10-16(12-20(11-15)27-2)14-25-22(26)18-6-8-21(23)17(13-18)5-7-19-4-3-9-24-19/h6,8,10-13H,3-5,7,9,14H2,1-2H3,(H,25,26). The van der Waals surface area contributed by atoms with Crippen molar-refractivity contribution in [2.24, 2.45) is 4.99 Å². The number of carbonyl (C=O) groups excluding carboxylic acids is 1. The number of rotatable bonds is 7. The summed E-state index contributed by atoms with van der Waals surface area (Å²) < 4.78 is 19.4. The van der Waals surface area contributed by atoms with Gasteiger partial charge in [0.25, 0.3) is 5.91 Å². The normalized spacial score (nSPS) is 13.4. The topological polar surface area (TPSA) is 50.7 Å². The molecule has 2 aromatic carbocycles. The summed E-state index contributed by atoms with van der Waals surface area (Å²) in [7, 11) is 1.62. The largest absolute Gasteiger partial charge is 0.497 e. The average molecular weight is 368 g/mol. The number of nitrogens with zero attached hydrogens (tertiary/aromatic N) is 1. The van der Waals surface area contributed by atoms with E-state index >= 15 is 0 Å². The van der Waals surface area contributed by atoms with E-state index in [0.717, 1.165) is 48.4 Å². The molecule has 0 radical (unpaired) electrons. The summed E-state index contributed by atoms with van der Waals surface area (Å²) in [6.07, 6.45) is 3.41. The van der Waals surface area contributed by atoms with Crippen LogP contribution >= 0.6 is 0 Å². The number of hydrogen-bond donors (Lipinski definition) is 1. The van der Waals surface area contributed by atoms with Gasteiger partial charge in [-0.05, 0) is 79.6 Å². The minimum atomic E-state index is -0.270.